The lowest BCUT2D eigenvalue weighted by atomic mass is 10.0. The smallest absolute Gasteiger partial charge is 0.328 e. The molecular weight excluding hydrogens is 362 g/mol. The highest BCUT2D eigenvalue weighted by atomic mass is 35.5. The van der Waals surface area contributed by atoms with E-state index in [-0.39, 0.29) is 12.1 Å². The molecule has 0 bridgehead atoms. The lowest BCUT2D eigenvalue weighted by Crippen LogP contribution is -1.93. The fourth-order valence-electron chi connectivity index (χ4n) is 1.84. The first kappa shape index (κ1) is 20.9. The summed E-state index contributed by atoms with van der Waals surface area (Å²) in [6.45, 7) is 1.60. The highest BCUT2D eigenvalue weighted by molar-refractivity contribution is 6.30. The summed E-state index contributed by atoms with van der Waals surface area (Å²) < 4.78 is 0. The summed E-state index contributed by atoms with van der Waals surface area (Å²) in [7, 11) is 0. The van der Waals surface area contributed by atoms with Gasteiger partial charge in [-0.3, -0.25) is 14.9 Å². The van der Waals surface area contributed by atoms with Crippen LogP contribution in [-0.2, 0) is 9.59 Å². The molecule has 2 aromatic carbocycles. The van der Waals surface area contributed by atoms with Crippen LogP contribution in [0.25, 0.3) is 17.2 Å². The van der Waals surface area contributed by atoms with Crippen LogP contribution in [0.2, 0.25) is 5.02 Å². The van der Waals surface area contributed by atoms with Gasteiger partial charge >= 0.3 is 11.9 Å². The third-order valence-corrected chi connectivity index (χ3v) is 3.35. The van der Waals surface area contributed by atoms with Crippen LogP contribution in [0.3, 0.4) is 0 Å². The summed E-state index contributed by atoms with van der Waals surface area (Å²) in [6, 6.07) is 11.2. The maximum atomic E-state index is 11.2. The molecule has 26 heavy (non-hydrogen) atoms. The zero-order valence-electron chi connectivity index (χ0n) is 13.8. The SMILES string of the molecule is CCC(=O)O.O=C(O)C=Cc1ccc(-c2ccc(Cl)cc2)c([N+](=O)[O-])c1. The van der Waals surface area contributed by atoms with Crippen LogP contribution in [-0.4, -0.2) is 27.1 Å². The Morgan fingerprint density at radius 2 is 1.73 bits per heavy atom. The van der Waals surface area contributed by atoms with Crippen molar-refractivity contribution in [3.63, 3.8) is 0 Å². The van der Waals surface area contributed by atoms with Gasteiger partial charge in [0.1, 0.15) is 0 Å². The largest absolute Gasteiger partial charge is 0.481 e. The highest BCUT2D eigenvalue weighted by Crippen LogP contribution is 2.31. The number of nitro groups is 1. The molecule has 0 aliphatic rings. The average molecular weight is 378 g/mol. The predicted molar refractivity (Wildman–Crippen MR) is 98.1 cm³/mol. The van der Waals surface area contributed by atoms with Crippen LogP contribution in [0.5, 0.6) is 0 Å². The van der Waals surface area contributed by atoms with Crippen LogP contribution >= 0.6 is 11.6 Å². The zero-order valence-corrected chi connectivity index (χ0v) is 14.5. The molecule has 2 aromatic rings. The first-order valence-corrected chi connectivity index (χ1v) is 7.79. The third-order valence-electron chi connectivity index (χ3n) is 3.09. The van der Waals surface area contributed by atoms with E-state index >= 15 is 0 Å². The van der Waals surface area contributed by atoms with Crippen LogP contribution < -0.4 is 0 Å². The maximum absolute atomic E-state index is 11.2. The molecule has 0 aliphatic heterocycles. The number of halogens is 1. The minimum absolute atomic E-state index is 0.0927. The lowest BCUT2D eigenvalue weighted by Gasteiger charge is -2.04. The van der Waals surface area contributed by atoms with Crippen molar-refractivity contribution in [2.24, 2.45) is 0 Å². The van der Waals surface area contributed by atoms with Gasteiger partial charge in [0, 0.05) is 23.6 Å². The first-order valence-electron chi connectivity index (χ1n) is 7.41. The molecule has 0 radical (unpaired) electrons. The molecule has 0 unspecified atom stereocenters. The molecule has 7 nitrogen and oxygen atoms in total. The zero-order chi connectivity index (χ0) is 19.7. The summed E-state index contributed by atoms with van der Waals surface area (Å²) in [5, 5.41) is 28.0. The second-order valence-corrected chi connectivity index (χ2v) is 5.40. The minimum Gasteiger partial charge on any atom is -0.481 e. The van der Waals surface area contributed by atoms with Crippen molar-refractivity contribution < 1.29 is 24.7 Å². The Bertz CT molecular complexity index is 830. The third kappa shape index (κ3) is 6.74. The molecule has 0 saturated heterocycles. The van der Waals surface area contributed by atoms with Crippen LogP contribution in [0.15, 0.2) is 48.5 Å². The number of benzene rings is 2. The van der Waals surface area contributed by atoms with Crippen molar-refractivity contribution in [3.8, 4) is 11.1 Å². The monoisotopic (exact) mass is 377 g/mol. The maximum Gasteiger partial charge on any atom is 0.328 e. The average Bonchev–Trinajstić information content (AvgIpc) is 2.61. The Hall–Kier alpha value is -3.19. The van der Waals surface area contributed by atoms with E-state index in [1.54, 1.807) is 43.3 Å². The van der Waals surface area contributed by atoms with Crippen molar-refractivity contribution in [2.75, 3.05) is 0 Å². The van der Waals surface area contributed by atoms with Gasteiger partial charge in [0.05, 0.1) is 10.5 Å². The number of rotatable bonds is 5. The van der Waals surface area contributed by atoms with Gasteiger partial charge in [-0.15, -0.1) is 0 Å². The Kier molecular flexibility index (Phi) is 7.98. The number of aliphatic carboxylic acids is 2. The molecule has 2 rings (SSSR count). The summed E-state index contributed by atoms with van der Waals surface area (Å²) in [4.78, 5) is 30.5. The van der Waals surface area contributed by atoms with E-state index in [0.717, 1.165) is 6.08 Å². The lowest BCUT2D eigenvalue weighted by molar-refractivity contribution is -0.384. The number of hydrogen-bond donors (Lipinski definition) is 2. The fourth-order valence-corrected chi connectivity index (χ4v) is 1.97. The molecule has 8 heteroatoms. The van der Waals surface area contributed by atoms with Crippen molar-refractivity contribution in [1.82, 2.24) is 0 Å². The molecule has 0 heterocycles. The van der Waals surface area contributed by atoms with Crippen LogP contribution in [0.1, 0.15) is 18.9 Å². The number of hydrogen-bond acceptors (Lipinski definition) is 4. The molecule has 0 atom stereocenters. The number of carboxylic acids is 2. The van der Waals surface area contributed by atoms with Gasteiger partial charge in [-0.2, -0.15) is 0 Å². The Labute approximate surface area is 154 Å². The van der Waals surface area contributed by atoms with Gasteiger partial charge in [0.2, 0.25) is 0 Å². The van der Waals surface area contributed by atoms with E-state index in [4.69, 9.17) is 21.8 Å². The number of carboxylic acid groups (broad SMARTS) is 2. The second-order valence-electron chi connectivity index (χ2n) is 4.96. The van der Waals surface area contributed by atoms with E-state index in [9.17, 15) is 19.7 Å². The molecular formula is C18H16ClNO6. The van der Waals surface area contributed by atoms with E-state index < -0.39 is 16.9 Å². The van der Waals surface area contributed by atoms with Gasteiger partial charge in [0.15, 0.2) is 0 Å². The van der Waals surface area contributed by atoms with Crippen molar-refractivity contribution in [3.05, 3.63) is 69.2 Å². The van der Waals surface area contributed by atoms with Gasteiger partial charge in [0.25, 0.3) is 5.69 Å². The Balaban J connectivity index is 0.000000597. The Morgan fingerprint density at radius 3 is 2.19 bits per heavy atom. The highest BCUT2D eigenvalue weighted by Gasteiger charge is 2.15. The van der Waals surface area contributed by atoms with E-state index in [1.165, 1.54) is 12.1 Å². The Morgan fingerprint density at radius 1 is 1.15 bits per heavy atom. The molecule has 0 fully saturated rings. The molecule has 0 spiro atoms. The van der Waals surface area contributed by atoms with Crippen molar-refractivity contribution >= 4 is 35.3 Å². The summed E-state index contributed by atoms with van der Waals surface area (Å²) in [5.41, 5.74) is 1.47. The van der Waals surface area contributed by atoms with E-state index in [1.807, 2.05) is 0 Å². The van der Waals surface area contributed by atoms with Crippen LogP contribution in [0.4, 0.5) is 5.69 Å². The molecule has 0 aromatic heterocycles. The topological polar surface area (TPSA) is 118 Å². The first-order chi connectivity index (χ1) is 12.2. The summed E-state index contributed by atoms with van der Waals surface area (Å²) >= 11 is 5.80. The number of nitrogens with zero attached hydrogens (tertiary/aromatic N) is 1. The van der Waals surface area contributed by atoms with Gasteiger partial charge < -0.3 is 10.2 Å². The number of carbonyl (C=O) groups is 2. The normalized spacial score (nSPS) is 10.1. The van der Waals surface area contributed by atoms with Crippen molar-refractivity contribution in [1.29, 1.82) is 0 Å². The van der Waals surface area contributed by atoms with Crippen molar-refractivity contribution in [2.45, 2.75) is 13.3 Å². The molecule has 136 valence electrons. The summed E-state index contributed by atoms with van der Waals surface area (Å²) in [6.07, 6.45) is 2.46. The molecule has 0 aliphatic carbocycles. The molecule has 2 N–H and O–H groups in total. The second kappa shape index (κ2) is 9.95. The van der Waals surface area contributed by atoms with Gasteiger partial charge in [-0.1, -0.05) is 36.7 Å². The minimum atomic E-state index is -1.11. The van der Waals surface area contributed by atoms with E-state index in [2.05, 4.69) is 0 Å². The molecule has 0 amide bonds. The quantitative estimate of drug-likeness (QED) is 0.450. The predicted octanol–water partition coefficient (Wildman–Crippen LogP) is 4.49. The van der Waals surface area contributed by atoms with E-state index in [0.29, 0.717) is 21.7 Å². The summed E-state index contributed by atoms with van der Waals surface area (Å²) in [5.74, 6) is -1.86. The number of nitro benzene ring substituents is 1. The molecule has 0 saturated carbocycles. The van der Waals surface area contributed by atoms with Crippen LogP contribution in [0, 0.1) is 10.1 Å². The van der Waals surface area contributed by atoms with Gasteiger partial charge in [-0.05, 0) is 35.4 Å². The van der Waals surface area contributed by atoms with Gasteiger partial charge in [-0.25, -0.2) is 4.79 Å². The standard InChI is InChI=1S/C15H10ClNO4.C3H6O2/c16-12-5-3-11(4-6-12)13-7-1-10(2-8-15(18)19)9-14(13)17(20)21;1-2-3(4)5/h1-9H,(H,18,19);2H2,1H3,(H,4,5). The fraction of sp³-hybridized carbons (Fsp3) is 0.111.